The Labute approximate surface area is 129 Å². The maximum absolute atomic E-state index is 6.22. The predicted molar refractivity (Wildman–Crippen MR) is 79.8 cm³/mol. The van der Waals surface area contributed by atoms with E-state index >= 15 is 0 Å². The minimum atomic E-state index is -0.212. The van der Waals surface area contributed by atoms with Crippen molar-refractivity contribution in [3.63, 3.8) is 0 Å². The molecule has 3 aromatic heterocycles. The molecule has 0 aliphatic carbocycles. The summed E-state index contributed by atoms with van der Waals surface area (Å²) in [4.78, 5) is 8.98. The number of rotatable bonds is 3. The first-order valence-corrected chi connectivity index (χ1v) is 7.35. The van der Waals surface area contributed by atoms with Gasteiger partial charge in [0.1, 0.15) is 22.8 Å². The lowest BCUT2D eigenvalue weighted by Crippen LogP contribution is -2.06. The van der Waals surface area contributed by atoms with Gasteiger partial charge in [0.25, 0.3) is 0 Å². The second-order valence-electron chi connectivity index (χ2n) is 4.60. The van der Waals surface area contributed by atoms with Crippen LogP contribution in [0, 0.1) is 6.92 Å². The molecule has 1 atom stereocenters. The van der Waals surface area contributed by atoms with E-state index in [9.17, 15) is 0 Å². The topological polar surface area (TPSA) is 56.7 Å². The summed E-state index contributed by atoms with van der Waals surface area (Å²) < 4.78 is 7.96. The Morgan fingerprint density at radius 2 is 2.25 bits per heavy atom. The van der Waals surface area contributed by atoms with Gasteiger partial charge in [-0.2, -0.15) is 0 Å². The van der Waals surface area contributed by atoms with Gasteiger partial charge in [-0.05, 0) is 35.8 Å². The summed E-state index contributed by atoms with van der Waals surface area (Å²) in [7, 11) is 0. The summed E-state index contributed by atoms with van der Waals surface area (Å²) in [6.45, 7) is 4.29. The maximum Gasteiger partial charge on any atom is 0.160 e. The van der Waals surface area contributed by atoms with Crippen LogP contribution in [0.5, 0.6) is 0 Å². The molecule has 0 saturated heterocycles. The third kappa shape index (κ3) is 2.45. The van der Waals surface area contributed by atoms with E-state index in [4.69, 9.17) is 16.1 Å². The number of alkyl halides is 1. The van der Waals surface area contributed by atoms with E-state index in [2.05, 4.69) is 31.1 Å². The summed E-state index contributed by atoms with van der Waals surface area (Å²) in [5, 5.41) is 3.80. The second-order valence-corrected chi connectivity index (χ2v) is 6.17. The molecular weight excluding hydrogens is 344 g/mol. The molecule has 20 heavy (non-hydrogen) atoms. The molecule has 1 unspecified atom stereocenters. The lowest BCUT2D eigenvalue weighted by Gasteiger charge is -2.07. The van der Waals surface area contributed by atoms with Crippen LogP contribution in [0.25, 0.3) is 11.2 Å². The summed E-state index contributed by atoms with van der Waals surface area (Å²) in [6, 6.07) is 3.82. The van der Waals surface area contributed by atoms with E-state index in [0.717, 1.165) is 32.9 Å². The molecule has 5 nitrogen and oxygen atoms in total. The first-order valence-electron chi connectivity index (χ1n) is 6.12. The van der Waals surface area contributed by atoms with Crippen molar-refractivity contribution >= 4 is 38.7 Å². The van der Waals surface area contributed by atoms with Crippen molar-refractivity contribution in [3.8, 4) is 0 Å². The van der Waals surface area contributed by atoms with E-state index in [1.807, 2.05) is 30.5 Å². The Hall–Kier alpha value is -1.40. The minimum absolute atomic E-state index is 0.212. The lowest BCUT2D eigenvalue weighted by atomic mass is 10.3. The van der Waals surface area contributed by atoms with Gasteiger partial charge in [-0.15, -0.1) is 11.6 Å². The first kappa shape index (κ1) is 13.6. The molecule has 0 amide bonds. The fraction of sp³-hybridized carbons (Fsp3) is 0.308. The molecule has 0 radical (unpaired) electrons. The molecule has 0 fully saturated rings. The van der Waals surface area contributed by atoms with Crippen molar-refractivity contribution in [3.05, 3.63) is 40.1 Å². The number of hydrogen-bond donors (Lipinski definition) is 0. The van der Waals surface area contributed by atoms with E-state index in [1.54, 1.807) is 6.20 Å². The number of hydrogen-bond acceptors (Lipinski definition) is 4. The summed E-state index contributed by atoms with van der Waals surface area (Å²) in [6.07, 6.45) is 1.75. The van der Waals surface area contributed by atoms with Crippen molar-refractivity contribution in [1.82, 2.24) is 19.7 Å². The maximum atomic E-state index is 6.22. The van der Waals surface area contributed by atoms with E-state index < -0.39 is 0 Å². The molecule has 3 rings (SSSR count). The second kappa shape index (κ2) is 5.18. The number of halogens is 2. The fourth-order valence-electron chi connectivity index (χ4n) is 2.12. The van der Waals surface area contributed by atoms with Crippen molar-refractivity contribution < 1.29 is 4.52 Å². The monoisotopic (exact) mass is 354 g/mol. The zero-order valence-electron chi connectivity index (χ0n) is 11.0. The molecule has 0 spiro atoms. The van der Waals surface area contributed by atoms with Crippen LogP contribution in [0.4, 0.5) is 0 Å². The van der Waals surface area contributed by atoms with Gasteiger partial charge in [-0.25, -0.2) is 9.97 Å². The fourth-order valence-corrected chi connectivity index (χ4v) is 2.60. The number of aryl methyl sites for hydroxylation is 1. The molecular formula is C13H12BrClN4O. The average molecular weight is 356 g/mol. The summed E-state index contributed by atoms with van der Waals surface area (Å²) in [5.41, 5.74) is 2.42. The van der Waals surface area contributed by atoms with Gasteiger partial charge in [-0.3, -0.25) is 0 Å². The highest BCUT2D eigenvalue weighted by molar-refractivity contribution is 9.10. The Kier molecular flexibility index (Phi) is 3.52. The third-order valence-corrected chi connectivity index (χ3v) is 3.56. The standard InChI is InChI=1S/C13H12BrClN4O/c1-7-3-10(18-20-7)6-19-12(8(2)15)17-11-4-9(14)5-16-13(11)19/h3-5,8H,6H2,1-2H3. The summed E-state index contributed by atoms with van der Waals surface area (Å²) >= 11 is 9.63. The SMILES string of the molecule is Cc1cc(Cn2c(C(C)Cl)nc3cc(Br)cnc32)no1. The third-order valence-electron chi connectivity index (χ3n) is 2.93. The normalized spacial score (nSPS) is 13.0. The molecule has 3 aromatic rings. The molecule has 3 heterocycles. The first-order chi connectivity index (χ1) is 9.54. The number of pyridine rings is 1. The summed E-state index contributed by atoms with van der Waals surface area (Å²) in [5.74, 6) is 1.55. The molecule has 0 aliphatic heterocycles. The van der Waals surface area contributed by atoms with Gasteiger partial charge < -0.3 is 9.09 Å². The highest BCUT2D eigenvalue weighted by Crippen LogP contribution is 2.26. The highest BCUT2D eigenvalue weighted by atomic mass is 79.9. The number of aromatic nitrogens is 4. The van der Waals surface area contributed by atoms with E-state index in [-0.39, 0.29) is 5.38 Å². The molecule has 104 valence electrons. The Balaban J connectivity index is 2.13. The quantitative estimate of drug-likeness (QED) is 0.670. The van der Waals surface area contributed by atoms with E-state index in [1.165, 1.54) is 0 Å². The molecule has 0 saturated carbocycles. The Bertz CT molecular complexity index is 765. The van der Waals surface area contributed by atoms with Crippen LogP contribution >= 0.6 is 27.5 Å². The van der Waals surface area contributed by atoms with Crippen LogP contribution in [0.3, 0.4) is 0 Å². The molecule has 0 aliphatic rings. The van der Waals surface area contributed by atoms with Crippen LogP contribution in [-0.2, 0) is 6.54 Å². The molecule has 0 bridgehead atoms. The van der Waals surface area contributed by atoms with Crippen molar-refractivity contribution in [1.29, 1.82) is 0 Å². The van der Waals surface area contributed by atoms with Crippen LogP contribution in [-0.4, -0.2) is 19.7 Å². The Morgan fingerprint density at radius 3 is 2.90 bits per heavy atom. The van der Waals surface area contributed by atoms with Gasteiger partial charge in [0, 0.05) is 16.7 Å². The van der Waals surface area contributed by atoms with Gasteiger partial charge >= 0.3 is 0 Å². The highest BCUT2D eigenvalue weighted by Gasteiger charge is 2.17. The average Bonchev–Trinajstić information content (AvgIpc) is 2.94. The van der Waals surface area contributed by atoms with Gasteiger partial charge in [-0.1, -0.05) is 5.16 Å². The lowest BCUT2D eigenvalue weighted by molar-refractivity contribution is 0.389. The Morgan fingerprint density at radius 1 is 1.45 bits per heavy atom. The van der Waals surface area contributed by atoms with Crippen LogP contribution in [0.2, 0.25) is 0 Å². The van der Waals surface area contributed by atoms with Gasteiger partial charge in [0.15, 0.2) is 5.65 Å². The van der Waals surface area contributed by atoms with Crippen molar-refractivity contribution in [2.75, 3.05) is 0 Å². The van der Waals surface area contributed by atoms with Crippen LogP contribution in [0.15, 0.2) is 27.3 Å². The van der Waals surface area contributed by atoms with Gasteiger partial charge in [0.2, 0.25) is 0 Å². The largest absolute Gasteiger partial charge is 0.361 e. The zero-order chi connectivity index (χ0) is 14.3. The molecule has 0 aromatic carbocycles. The van der Waals surface area contributed by atoms with E-state index in [0.29, 0.717) is 6.54 Å². The van der Waals surface area contributed by atoms with Crippen LogP contribution in [0.1, 0.15) is 29.6 Å². The number of nitrogens with zero attached hydrogens (tertiary/aromatic N) is 4. The number of fused-ring (bicyclic) bond motifs is 1. The smallest absolute Gasteiger partial charge is 0.160 e. The van der Waals surface area contributed by atoms with Crippen LogP contribution < -0.4 is 0 Å². The van der Waals surface area contributed by atoms with Crippen molar-refractivity contribution in [2.24, 2.45) is 0 Å². The number of imidazole rings is 1. The van der Waals surface area contributed by atoms with Crippen molar-refractivity contribution in [2.45, 2.75) is 25.8 Å². The molecule has 7 heteroatoms. The zero-order valence-corrected chi connectivity index (χ0v) is 13.3. The van der Waals surface area contributed by atoms with Gasteiger partial charge in [0.05, 0.1) is 11.9 Å². The molecule has 0 N–H and O–H groups in total. The predicted octanol–water partition coefficient (Wildman–Crippen LogP) is 3.84. The minimum Gasteiger partial charge on any atom is -0.361 e.